The summed E-state index contributed by atoms with van der Waals surface area (Å²) in [4.78, 5) is 26.9. The summed E-state index contributed by atoms with van der Waals surface area (Å²) < 4.78 is 28.0. The summed E-state index contributed by atoms with van der Waals surface area (Å²) in [5, 5.41) is 7.06. The molecule has 4 heterocycles. The molecule has 5 rings (SSSR count). The number of rotatable bonds is 6. The molecule has 1 aromatic carbocycles. The second kappa shape index (κ2) is 9.47. The highest BCUT2D eigenvalue weighted by atomic mass is 19.1. The second-order valence-electron chi connectivity index (χ2n) is 9.22. The number of carbonyl (C=O) groups excluding carboxylic acids is 1. The number of aromatic nitrogens is 5. The molecule has 1 amide bonds. The number of carbonyl (C=O) groups is 1. The van der Waals surface area contributed by atoms with E-state index in [1.54, 1.807) is 12.1 Å². The van der Waals surface area contributed by atoms with Crippen LogP contribution in [0.5, 0.6) is 5.88 Å². The fraction of sp³-hybridized carbons (Fsp3) is 0.458. The van der Waals surface area contributed by atoms with Crippen molar-refractivity contribution in [3.63, 3.8) is 0 Å². The van der Waals surface area contributed by atoms with E-state index in [1.807, 2.05) is 25.7 Å². The zero-order chi connectivity index (χ0) is 24.5. The van der Waals surface area contributed by atoms with Gasteiger partial charge in [0.1, 0.15) is 36.7 Å². The third-order valence-corrected chi connectivity index (χ3v) is 6.44. The van der Waals surface area contributed by atoms with Gasteiger partial charge in [0.25, 0.3) is 0 Å². The van der Waals surface area contributed by atoms with E-state index in [0.29, 0.717) is 35.8 Å². The predicted molar refractivity (Wildman–Crippen MR) is 125 cm³/mol. The number of hydrogen-bond donors (Lipinski definition) is 1. The highest BCUT2D eigenvalue weighted by Gasteiger charge is 2.45. The van der Waals surface area contributed by atoms with E-state index < -0.39 is 5.82 Å². The molecule has 2 aliphatic rings. The molecule has 10 nitrogen and oxygen atoms in total. The zero-order valence-electron chi connectivity index (χ0n) is 19.9. The molecule has 184 valence electrons. The molecule has 0 saturated carbocycles. The van der Waals surface area contributed by atoms with Crippen LogP contribution in [0.4, 0.5) is 20.7 Å². The molecule has 1 N–H and O–H groups in total. The van der Waals surface area contributed by atoms with Gasteiger partial charge in [0.15, 0.2) is 0 Å². The molecule has 0 aliphatic carbocycles. The van der Waals surface area contributed by atoms with Crippen LogP contribution in [0.15, 0.2) is 37.2 Å². The van der Waals surface area contributed by atoms with Crippen LogP contribution < -0.4 is 10.1 Å². The number of hydrogen-bond acceptors (Lipinski definition) is 8. The molecule has 0 radical (unpaired) electrons. The fourth-order valence-electron chi connectivity index (χ4n) is 4.84. The van der Waals surface area contributed by atoms with Crippen molar-refractivity contribution in [1.29, 1.82) is 0 Å². The lowest BCUT2D eigenvalue weighted by atomic mass is 10.0. The number of anilines is 2. The summed E-state index contributed by atoms with van der Waals surface area (Å²) >= 11 is 0. The molecule has 2 saturated heterocycles. The van der Waals surface area contributed by atoms with Gasteiger partial charge in [-0.2, -0.15) is 5.10 Å². The lowest BCUT2D eigenvalue weighted by molar-refractivity contribution is 0.0207. The molecule has 35 heavy (non-hydrogen) atoms. The minimum Gasteiger partial charge on any atom is -0.474 e. The first-order valence-corrected chi connectivity index (χ1v) is 11.8. The monoisotopic (exact) mass is 481 g/mol. The maximum atomic E-state index is 14.8. The Morgan fingerprint density at radius 3 is 2.60 bits per heavy atom. The SMILES string of the molecule is Cc1c(Nc2ccc(-n3cncn3)cc2F)ncnc1OC1CC2CCC(C1)N2C(=O)OC(C)C. The molecular formula is C24H28FN7O3. The minimum atomic E-state index is -0.448. The van der Waals surface area contributed by atoms with Gasteiger partial charge in [0.05, 0.1) is 23.0 Å². The fourth-order valence-corrected chi connectivity index (χ4v) is 4.84. The van der Waals surface area contributed by atoms with E-state index in [9.17, 15) is 9.18 Å². The lowest BCUT2D eigenvalue weighted by Crippen LogP contribution is -2.50. The van der Waals surface area contributed by atoms with E-state index in [0.717, 1.165) is 12.8 Å². The Balaban J connectivity index is 1.27. The molecular weight excluding hydrogens is 453 g/mol. The van der Waals surface area contributed by atoms with Crippen LogP contribution in [0.1, 0.15) is 45.1 Å². The number of benzene rings is 1. The van der Waals surface area contributed by atoms with Crippen LogP contribution in [0.2, 0.25) is 0 Å². The number of ether oxygens (including phenoxy) is 2. The van der Waals surface area contributed by atoms with Crippen LogP contribution in [0, 0.1) is 12.7 Å². The van der Waals surface area contributed by atoms with Gasteiger partial charge < -0.3 is 19.7 Å². The number of amides is 1. The molecule has 3 aromatic rings. The first-order valence-electron chi connectivity index (χ1n) is 11.8. The van der Waals surface area contributed by atoms with Crippen molar-refractivity contribution in [1.82, 2.24) is 29.6 Å². The van der Waals surface area contributed by atoms with Gasteiger partial charge >= 0.3 is 6.09 Å². The highest BCUT2D eigenvalue weighted by Crippen LogP contribution is 2.38. The molecule has 2 aromatic heterocycles. The van der Waals surface area contributed by atoms with E-state index in [2.05, 4.69) is 25.4 Å². The maximum Gasteiger partial charge on any atom is 0.410 e. The van der Waals surface area contributed by atoms with E-state index in [4.69, 9.17) is 9.47 Å². The largest absolute Gasteiger partial charge is 0.474 e. The van der Waals surface area contributed by atoms with Crippen molar-refractivity contribution in [3.8, 4) is 11.6 Å². The smallest absolute Gasteiger partial charge is 0.410 e. The number of halogens is 1. The predicted octanol–water partition coefficient (Wildman–Crippen LogP) is 4.17. The van der Waals surface area contributed by atoms with Crippen LogP contribution in [-0.2, 0) is 4.74 Å². The standard InChI is InChI=1S/C24H28FN7O3/c1-14(2)34-24(33)32-17-4-5-18(32)9-19(8-17)35-23-15(3)22(27-12-28-23)30-21-7-6-16(10-20(21)25)31-13-26-11-29-31/h6-7,10-14,17-19H,4-5,8-9H2,1-3H3,(H,27,28,30). The molecule has 11 heteroatoms. The maximum absolute atomic E-state index is 14.8. The average molecular weight is 482 g/mol. The van der Waals surface area contributed by atoms with Gasteiger partial charge in [-0.15, -0.1) is 0 Å². The Hall–Kier alpha value is -3.76. The van der Waals surface area contributed by atoms with Crippen LogP contribution in [0.3, 0.4) is 0 Å². The first-order chi connectivity index (χ1) is 16.9. The van der Waals surface area contributed by atoms with Crippen molar-refractivity contribution in [2.24, 2.45) is 0 Å². The van der Waals surface area contributed by atoms with Crippen LogP contribution in [0.25, 0.3) is 5.69 Å². The van der Waals surface area contributed by atoms with Gasteiger partial charge in [0.2, 0.25) is 5.88 Å². The highest BCUT2D eigenvalue weighted by molar-refractivity contribution is 5.69. The topological polar surface area (TPSA) is 107 Å². The summed E-state index contributed by atoms with van der Waals surface area (Å²) in [6.07, 6.45) is 7.15. The Labute approximate surface area is 202 Å². The summed E-state index contributed by atoms with van der Waals surface area (Å²) in [5.41, 5.74) is 1.52. The number of nitrogens with one attached hydrogen (secondary N) is 1. The van der Waals surface area contributed by atoms with E-state index in [1.165, 1.54) is 29.7 Å². The van der Waals surface area contributed by atoms with Gasteiger partial charge in [-0.3, -0.25) is 0 Å². The van der Waals surface area contributed by atoms with Crippen molar-refractivity contribution in [2.45, 2.75) is 70.7 Å². The number of piperidine rings is 1. The van der Waals surface area contributed by atoms with Gasteiger partial charge in [-0.1, -0.05) is 0 Å². The van der Waals surface area contributed by atoms with E-state index >= 15 is 0 Å². The van der Waals surface area contributed by atoms with Crippen molar-refractivity contribution >= 4 is 17.6 Å². The van der Waals surface area contributed by atoms with Crippen molar-refractivity contribution < 1.29 is 18.7 Å². The Morgan fingerprint density at radius 1 is 1.17 bits per heavy atom. The first kappa shape index (κ1) is 23.0. The molecule has 0 spiro atoms. The summed E-state index contributed by atoms with van der Waals surface area (Å²) in [7, 11) is 0. The normalized spacial score (nSPS) is 21.3. The molecule has 2 atom stereocenters. The van der Waals surface area contributed by atoms with Gasteiger partial charge in [-0.05, 0) is 45.7 Å². The Kier molecular flexibility index (Phi) is 6.23. The van der Waals surface area contributed by atoms with Crippen molar-refractivity contribution in [2.75, 3.05) is 5.32 Å². The summed E-state index contributed by atoms with van der Waals surface area (Å²) in [5.74, 6) is 0.462. The van der Waals surface area contributed by atoms with Gasteiger partial charge in [-0.25, -0.2) is 28.8 Å². The second-order valence-corrected chi connectivity index (χ2v) is 9.22. The molecule has 2 aliphatic heterocycles. The lowest BCUT2D eigenvalue weighted by Gasteiger charge is -2.38. The van der Waals surface area contributed by atoms with Crippen molar-refractivity contribution in [3.05, 3.63) is 48.6 Å². The van der Waals surface area contributed by atoms with E-state index in [-0.39, 0.29) is 36.1 Å². The van der Waals surface area contributed by atoms with Gasteiger partial charge in [0, 0.05) is 31.0 Å². The van der Waals surface area contributed by atoms with Crippen LogP contribution in [-0.4, -0.2) is 60.0 Å². The molecule has 2 fully saturated rings. The third-order valence-electron chi connectivity index (χ3n) is 6.44. The average Bonchev–Trinajstić information content (AvgIpc) is 3.44. The number of fused-ring (bicyclic) bond motifs is 2. The third kappa shape index (κ3) is 4.75. The molecule has 2 unspecified atom stereocenters. The zero-order valence-corrected chi connectivity index (χ0v) is 19.9. The Bertz CT molecular complexity index is 1190. The summed E-state index contributed by atoms with van der Waals surface area (Å²) in [6, 6.07) is 4.93. The van der Waals surface area contributed by atoms with Crippen LogP contribution >= 0.6 is 0 Å². The number of nitrogens with zero attached hydrogens (tertiary/aromatic N) is 6. The summed E-state index contributed by atoms with van der Waals surface area (Å²) in [6.45, 7) is 5.55. The Morgan fingerprint density at radius 2 is 1.94 bits per heavy atom. The molecule has 2 bridgehead atoms. The quantitative estimate of drug-likeness (QED) is 0.559. The minimum absolute atomic E-state index is 0.0734.